The second-order valence-electron chi connectivity index (χ2n) is 3.46. The van der Waals surface area contributed by atoms with Gasteiger partial charge < -0.3 is 10.2 Å². The van der Waals surface area contributed by atoms with E-state index >= 15 is 0 Å². The van der Waals surface area contributed by atoms with Crippen molar-refractivity contribution in [3.8, 4) is 6.07 Å². The van der Waals surface area contributed by atoms with Crippen LogP contribution in [0.1, 0.15) is 5.56 Å². The molecule has 0 bridgehead atoms. The minimum absolute atomic E-state index is 0.109. The number of nitriles is 1. The summed E-state index contributed by atoms with van der Waals surface area (Å²) in [6.45, 7) is -0.713. The van der Waals surface area contributed by atoms with Gasteiger partial charge in [0.05, 0.1) is 5.56 Å². The Hall–Kier alpha value is -1.66. The summed E-state index contributed by atoms with van der Waals surface area (Å²) < 4.78 is 25.6. The van der Waals surface area contributed by atoms with Crippen molar-refractivity contribution in [2.45, 2.75) is 11.0 Å². The summed E-state index contributed by atoms with van der Waals surface area (Å²) in [6.07, 6.45) is -1.88. The second kappa shape index (κ2) is 5.99. The standard InChI is InChI=1S/C10H9ClN2O5S/c11-7-2-1-6(4-12)9(3-7)19(17,18)13-5-8(14)10(15)16/h1-3,8,13-14H,5H2,(H,15,16). The van der Waals surface area contributed by atoms with Gasteiger partial charge in [0.1, 0.15) is 11.0 Å². The number of nitrogens with zero attached hydrogens (tertiary/aromatic N) is 1. The van der Waals surface area contributed by atoms with Crippen LogP contribution in [0.4, 0.5) is 0 Å². The third kappa shape index (κ3) is 3.90. The Morgan fingerprint density at radius 1 is 1.53 bits per heavy atom. The number of halogens is 1. The van der Waals surface area contributed by atoms with Gasteiger partial charge in [-0.05, 0) is 18.2 Å². The van der Waals surface area contributed by atoms with E-state index in [1.165, 1.54) is 12.1 Å². The second-order valence-corrected chi connectivity index (χ2v) is 5.63. The molecule has 0 amide bonds. The summed E-state index contributed by atoms with van der Waals surface area (Å²) in [4.78, 5) is 10.00. The van der Waals surface area contributed by atoms with E-state index in [-0.39, 0.29) is 15.5 Å². The van der Waals surface area contributed by atoms with Crippen molar-refractivity contribution in [1.29, 1.82) is 5.26 Å². The van der Waals surface area contributed by atoms with Gasteiger partial charge in [-0.2, -0.15) is 5.26 Å². The van der Waals surface area contributed by atoms with Crippen molar-refractivity contribution < 1.29 is 23.4 Å². The molecule has 0 aliphatic carbocycles. The highest BCUT2D eigenvalue weighted by Crippen LogP contribution is 2.20. The average molecular weight is 305 g/mol. The summed E-state index contributed by atoms with van der Waals surface area (Å²) in [7, 11) is -4.13. The third-order valence-electron chi connectivity index (χ3n) is 2.11. The predicted molar refractivity (Wildman–Crippen MR) is 65.0 cm³/mol. The zero-order valence-electron chi connectivity index (χ0n) is 9.37. The molecule has 102 valence electrons. The first-order chi connectivity index (χ1) is 8.77. The number of aliphatic hydroxyl groups excluding tert-OH is 1. The fraction of sp³-hybridized carbons (Fsp3) is 0.200. The number of nitrogens with one attached hydrogen (secondary N) is 1. The number of aliphatic hydroxyl groups is 1. The lowest BCUT2D eigenvalue weighted by Gasteiger charge is -2.10. The number of rotatable bonds is 5. The normalized spacial score (nSPS) is 12.7. The summed E-state index contributed by atoms with van der Waals surface area (Å²) >= 11 is 5.65. The van der Waals surface area contributed by atoms with Gasteiger partial charge in [0.2, 0.25) is 10.0 Å². The number of carbonyl (C=O) groups is 1. The Bertz CT molecular complexity index is 638. The Balaban J connectivity index is 3.05. The molecule has 0 fully saturated rings. The number of carboxylic acid groups (broad SMARTS) is 1. The lowest BCUT2D eigenvalue weighted by Crippen LogP contribution is -2.36. The Morgan fingerprint density at radius 2 is 2.16 bits per heavy atom. The number of benzene rings is 1. The van der Waals surface area contributed by atoms with Gasteiger partial charge >= 0.3 is 5.97 Å². The Kier molecular flexibility index (Phi) is 4.85. The fourth-order valence-corrected chi connectivity index (χ4v) is 2.62. The van der Waals surface area contributed by atoms with Gasteiger partial charge in [-0.15, -0.1) is 0 Å². The zero-order valence-corrected chi connectivity index (χ0v) is 10.9. The lowest BCUT2D eigenvalue weighted by atomic mass is 10.2. The molecule has 1 unspecified atom stereocenters. The van der Waals surface area contributed by atoms with Crippen LogP contribution < -0.4 is 4.72 Å². The molecule has 9 heteroatoms. The van der Waals surface area contributed by atoms with Crippen LogP contribution in [-0.2, 0) is 14.8 Å². The van der Waals surface area contributed by atoms with Gasteiger partial charge in [-0.1, -0.05) is 11.6 Å². The SMILES string of the molecule is N#Cc1ccc(Cl)cc1S(=O)(=O)NCC(O)C(=O)O. The number of hydrogen-bond acceptors (Lipinski definition) is 5. The number of aliphatic carboxylic acids is 1. The van der Waals surface area contributed by atoms with E-state index in [9.17, 15) is 13.2 Å². The van der Waals surface area contributed by atoms with Crippen molar-refractivity contribution in [3.63, 3.8) is 0 Å². The summed E-state index contributed by atoms with van der Waals surface area (Å²) in [5.41, 5.74) is -0.137. The molecule has 3 N–H and O–H groups in total. The van der Waals surface area contributed by atoms with Crippen LogP contribution in [0.25, 0.3) is 0 Å². The molecule has 0 aliphatic heterocycles. The van der Waals surface area contributed by atoms with Gasteiger partial charge in [0.15, 0.2) is 6.10 Å². The minimum atomic E-state index is -4.13. The lowest BCUT2D eigenvalue weighted by molar-refractivity contribution is -0.146. The average Bonchev–Trinajstić information content (AvgIpc) is 2.35. The molecule has 1 rings (SSSR count). The zero-order chi connectivity index (χ0) is 14.6. The maximum atomic E-state index is 11.9. The molecule has 19 heavy (non-hydrogen) atoms. The molecule has 7 nitrogen and oxygen atoms in total. The smallest absolute Gasteiger partial charge is 0.333 e. The maximum absolute atomic E-state index is 11.9. The van der Waals surface area contributed by atoms with Crippen LogP contribution in [0.5, 0.6) is 0 Å². The van der Waals surface area contributed by atoms with Crippen molar-refractivity contribution >= 4 is 27.6 Å². The third-order valence-corrected chi connectivity index (χ3v) is 3.80. The fourth-order valence-electron chi connectivity index (χ4n) is 1.16. The van der Waals surface area contributed by atoms with Crippen LogP contribution >= 0.6 is 11.6 Å². The van der Waals surface area contributed by atoms with Crippen LogP contribution in [0, 0.1) is 11.3 Å². The molecule has 0 aliphatic rings. The molecule has 0 radical (unpaired) electrons. The van der Waals surface area contributed by atoms with Crippen LogP contribution in [-0.4, -0.2) is 37.2 Å². The quantitative estimate of drug-likeness (QED) is 0.699. The Labute approximate surface area is 114 Å². The van der Waals surface area contributed by atoms with E-state index in [0.29, 0.717) is 0 Å². The van der Waals surface area contributed by atoms with E-state index in [2.05, 4.69) is 0 Å². The Morgan fingerprint density at radius 3 is 2.68 bits per heavy atom. The number of sulfonamides is 1. The highest BCUT2D eigenvalue weighted by molar-refractivity contribution is 7.89. The number of carboxylic acids is 1. The summed E-state index contributed by atoms with van der Waals surface area (Å²) in [6, 6.07) is 5.33. The maximum Gasteiger partial charge on any atom is 0.333 e. The minimum Gasteiger partial charge on any atom is -0.479 e. The first-order valence-electron chi connectivity index (χ1n) is 4.88. The van der Waals surface area contributed by atoms with Gasteiger partial charge in [-0.3, -0.25) is 0 Å². The molecule has 0 heterocycles. The van der Waals surface area contributed by atoms with Crippen LogP contribution in [0.2, 0.25) is 5.02 Å². The summed E-state index contributed by atoms with van der Waals surface area (Å²) in [5, 5.41) is 26.4. The van der Waals surface area contributed by atoms with E-state index in [4.69, 9.17) is 27.1 Å². The van der Waals surface area contributed by atoms with Crippen molar-refractivity contribution in [2.24, 2.45) is 0 Å². The first kappa shape index (κ1) is 15.4. The molecule has 1 atom stereocenters. The molecule has 0 saturated carbocycles. The van der Waals surface area contributed by atoms with Crippen molar-refractivity contribution in [3.05, 3.63) is 28.8 Å². The van der Waals surface area contributed by atoms with E-state index in [1.807, 2.05) is 4.72 Å². The predicted octanol–water partition coefficient (Wildman–Crippen LogP) is -0.0645. The monoisotopic (exact) mass is 304 g/mol. The summed E-state index contributed by atoms with van der Waals surface area (Å²) in [5.74, 6) is -1.56. The molecule has 1 aromatic carbocycles. The van der Waals surface area contributed by atoms with Gasteiger partial charge in [0.25, 0.3) is 0 Å². The molecule has 0 aromatic heterocycles. The molecule has 0 spiro atoms. The first-order valence-corrected chi connectivity index (χ1v) is 6.74. The molecular formula is C10H9ClN2O5S. The highest BCUT2D eigenvalue weighted by Gasteiger charge is 2.22. The van der Waals surface area contributed by atoms with Gasteiger partial charge in [-0.25, -0.2) is 17.9 Å². The van der Waals surface area contributed by atoms with E-state index in [1.54, 1.807) is 6.07 Å². The van der Waals surface area contributed by atoms with E-state index in [0.717, 1.165) is 6.07 Å². The van der Waals surface area contributed by atoms with Gasteiger partial charge in [0, 0.05) is 11.6 Å². The van der Waals surface area contributed by atoms with Crippen LogP contribution in [0.15, 0.2) is 23.1 Å². The van der Waals surface area contributed by atoms with Crippen molar-refractivity contribution in [2.75, 3.05) is 6.54 Å². The highest BCUT2D eigenvalue weighted by atomic mass is 35.5. The van der Waals surface area contributed by atoms with E-state index < -0.39 is 28.6 Å². The molecule has 1 aromatic rings. The largest absolute Gasteiger partial charge is 0.479 e. The molecule has 0 saturated heterocycles. The van der Waals surface area contributed by atoms with Crippen LogP contribution in [0.3, 0.4) is 0 Å². The number of hydrogen-bond donors (Lipinski definition) is 3. The van der Waals surface area contributed by atoms with Crippen molar-refractivity contribution in [1.82, 2.24) is 4.72 Å². The molecular weight excluding hydrogens is 296 g/mol. The topological polar surface area (TPSA) is 127 Å².